The molecule has 0 radical (unpaired) electrons. The van der Waals surface area contributed by atoms with E-state index in [2.05, 4.69) is 0 Å². The number of carboxylic acids is 2. The Morgan fingerprint density at radius 3 is 1.08 bits per heavy atom. The molecule has 2 atom stereocenters. The molecule has 0 saturated carbocycles. The molecule has 2 unspecified atom stereocenters. The summed E-state index contributed by atoms with van der Waals surface area (Å²) in [6, 6.07) is 0. The standard InChI is InChI=1S/2C13H25NO4/c2*1-5-6-7-8-11(15)13(18,9-12(16)17)10-14(2,3)4/h2*18H,5-10H2,1-4H3. The van der Waals surface area contributed by atoms with E-state index in [1.165, 1.54) is 0 Å². The molecular formula is C26H50N2O8. The van der Waals surface area contributed by atoms with E-state index in [1.54, 1.807) is 42.3 Å². The quantitative estimate of drug-likeness (QED) is 0.180. The second kappa shape index (κ2) is 16.1. The Bertz CT molecular complexity index is 652. The zero-order chi connectivity index (χ0) is 28.8. The lowest BCUT2D eigenvalue weighted by atomic mass is 9.90. The molecule has 0 rings (SSSR count). The van der Waals surface area contributed by atoms with Crippen LogP contribution in [0, 0.1) is 0 Å². The van der Waals surface area contributed by atoms with Crippen molar-refractivity contribution in [1.29, 1.82) is 0 Å². The molecule has 0 heterocycles. The van der Waals surface area contributed by atoms with Crippen molar-refractivity contribution in [2.45, 2.75) is 89.3 Å². The predicted molar refractivity (Wildman–Crippen MR) is 133 cm³/mol. The molecule has 0 aromatic carbocycles. The lowest BCUT2D eigenvalue weighted by Gasteiger charge is -2.35. The van der Waals surface area contributed by atoms with Crippen molar-refractivity contribution in [3.05, 3.63) is 0 Å². The summed E-state index contributed by atoms with van der Waals surface area (Å²) in [4.78, 5) is 45.4. The van der Waals surface area contributed by atoms with Gasteiger partial charge >= 0.3 is 0 Å². The molecule has 0 saturated heterocycles. The van der Waals surface area contributed by atoms with Gasteiger partial charge in [-0.15, -0.1) is 0 Å². The van der Waals surface area contributed by atoms with Crippen molar-refractivity contribution in [2.75, 3.05) is 55.4 Å². The van der Waals surface area contributed by atoms with Crippen LogP contribution in [0.4, 0.5) is 0 Å². The molecule has 10 nitrogen and oxygen atoms in total. The zero-order valence-electron chi connectivity index (χ0n) is 23.7. The summed E-state index contributed by atoms with van der Waals surface area (Å²) in [5, 5.41) is 42.0. The summed E-state index contributed by atoms with van der Waals surface area (Å²) in [5.41, 5.74) is -3.63. The van der Waals surface area contributed by atoms with Crippen LogP contribution in [0.1, 0.15) is 78.1 Å². The van der Waals surface area contributed by atoms with Gasteiger partial charge in [0.25, 0.3) is 0 Å². The van der Waals surface area contributed by atoms with E-state index in [0.29, 0.717) is 21.8 Å². The average molecular weight is 519 g/mol. The van der Waals surface area contributed by atoms with Crippen molar-refractivity contribution in [3.63, 3.8) is 0 Å². The molecular weight excluding hydrogens is 468 g/mol. The Morgan fingerprint density at radius 1 is 0.611 bits per heavy atom. The van der Waals surface area contributed by atoms with Gasteiger partial charge in [-0.2, -0.15) is 0 Å². The normalized spacial score (nSPS) is 15.2. The highest BCUT2D eigenvalue weighted by molar-refractivity contribution is 5.91. The number of carbonyl (C=O) groups is 4. The van der Waals surface area contributed by atoms with E-state index in [9.17, 15) is 39.6 Å². The fourth-order valence-corrected chi connectivity index (χ4v) is 4.07. The van der Waals surface area contributed by atoms with Crippen LogP contribution in [-0.4, -0.2) is 109 Å². The third-order valence-corrected chi connectivity index (χ3v) is 5.40. The molecule has 0 spiro atoms. The lowest BCUT2D eigenvalue weighted by molar-refractivity contribution is -0.875. The van der Waals surface area contributed by atoms with Crippen LogP contribution < -0.4 is 10.2 Å². The number of unbranched alkanes of at least 4 members (excludes halogenated alkanes) is 4. The van der Waals surface area contributed by atoms with E-state index >= 15 is 0 Å². The number of likely N-dealkylation sites (N-methyl/N-ethyl adjacent to an activating group) is 2. The molecule has 2 N–H and O–H groups in total. The van der Waals surface area contributed by atoms with Crippen molar-refractivity contribution in [1.82, 2.24) is 0 Å². The predicted octanol–water partition coefficient (Wildman–Crippen LogP) is -0.574. The third-order valence-electron chi connectivity index (χ3n) is 5.40. The Hall–Kier alpha value is -1.88. The van der Waals surface area contributed by atoms with Gasteiger partial charge in [0.05, 0.1) is 42.3 Å². The monoisotopic (exact) mass is 518 g/mol. The van der Waals surface area contributed by atoms with E-state index in [-0.39, 0.29) is 25.9 Å². The number of Topliss-reactive ketones (excluding diaryl/α,β-unsaturated/α-hetero) is 2. The van der Waals surface area contributed by atoms with Gasteiger partial charge in [-0.1, -0.05) is 39.5 Å². The van der Waals surface area contributed by atoms with Gasteiger partial charge in [-0.3, -0.25) is 9.59 Å². The van der Waals surface area contributed by atoms with Crippen molar-refractivity contribution in [3.8, 4) is 0 Å². The minimum absolute atomic E-state index is 0.0753. The second-order valence-corrected chi connectivity index (χ2v) is 11.8. The molecule has 0 fully saturated rings. The number of hydrogen-bond acceptors (Lipinski definition) is 8. The first kappa shape index (κ1) is 36.3. The average Bonchev–Trinajstić information content (AvgIpc) is 2.64. The summed E-state index contributed by atoms with van der Waals surface area (Å²) in [6.07, 6.45) is 4.29. The maximum absolute atomic E-state index is 12.0. The first-order valence-corrected chi connectivity index (χ1v) is 12.7. The van der Waals surface area contributed by atoms with Crippen LogP contribution in [0.15, 0.2) is 0 Å². The summed E-state index contributed by atoms with van der Waals surface area (Å²) in [7, 11) is 10.8. The molecule has 0 aromatic heterocycles. The number of nitrogens with zero attached hydrogens (tertiary/aromatic N) is 2. The Morgan fingerprint density at radius 2 is 0.889 bits per heavy atom. The number of aliphatic carboxylic acids is 2. The van der Waals surface area contributed by atoms with E-state index in [1.807, 2.05) is 13.8 Å². The van der Waals surface area contributed by atoms with Gasteiger partial charge in [0.15, 0.2) is 22.8 Å². The molecule has 0 aliphatic rings. The Kier molecular flexibility index (Phi) is 16.2. The minimum Gasteiger partial charge on any atom is -0.550 e. The van der Waals surface area contributed by atoms with Gasteiger partial charge in [0, 0.05) is 37.6 Å². The Balaban J connectivity index is 0. The molecule has 212 valence electrons. The Labute approximate surface area is 217 Å². The van der Waals surface area contributed by atoms with Crippen LogP contribution in [0.25, 0.3) is 0 Å². The molecule has 10 heteroatoms. The van der Waals surface area contributed by atoms with E-state index in [4.69, 9.17) is 0 Å². The zero-order valence-corrected chi connectivity index (χ0v) is 23.7. The third kappa shape index (κ3) is 17.5. The van der Waals surface area contributed by atoms with Crippen molar-refractivity contribution < 1.29 is 48.6 Å². The van der Waals surface area contributed by atoms with Crippen LogP contribution in [0.5, 0.6) is 0 Å². The smallest absolute Gasteiger partial charge is 0.177 e. The van der Waals surface area contributed by atoms with Gasteiger partial charge in [-0.25, -0.2) is 0 Å². The number of carboxylic acid groups (broad SMARTS) is 2. The largest absolute Gasteiger partial charge is 0.550 e. The van der Waals surface area contributed by atoms with Crippen LogP contribution in [0.2, 0.25) is 0 Å². The number of hydrogen-bond donors (Lipinski definition) is 2. The van der Waals surface area contributed by atoms with Crippen LogP contribution in [-0.2, 0) is 19.2 Å². The number of ketones is 2. The minimum atomic E-state index is -1.81. The first-order valence-electron chi connectivity index (χ1n) is 12.7. The van der Waals surface area contributed by atoms with Crippen molar-refractivity contribution >= 4 is 23.5 Å². The lowest BCUT2D eigenvalue weighted by Crippen LogP contribution is -2.56. The topological polar surface area (TPSA) is 155 Å². The van der Waals surface area contributed by atoms with Crippen LogP contribution in [0.3, 0.4) is 0 Å². The molecule has 0 aromatic rings. The molecule has 0 aliphatic heterocycles. The first-order chi connectivity index (χ1) is 16.2. The van der Waals surface area contributed by atoms with Crippen LogP contribution >= 0.6 is 0 Å². The van der Waals surface area contributed by atoms with Gasteiger partial charge < -0.3 is 39.0 Å². The van der Waals surface area contributed by atoms with E-state index in [0.717, 1.165) is 25.7 Å². The number of carbonyl (C=O) groups excluding carboxylic acids is 4. The molecule has 0 amide bonds. The SMILES string of the molecule is CCCCCC(=O)C(O)(CC(=O)[O-])C[N+](C)(C)C.CCCCCC(=O)C(O)(CC(=O)[O-])C[N+](C)(C)C. The molecule has 36 heavy (non-hydrogen) atoms. The fraction of sp³-hybridized carbons (Fsp3) is 0.846. The fourth-order valence-electron chi connectivity index (χ4n) is 4.07. The summed E-state index contributed by atoms with van der Waals surface area (Å²) in [5.74, 6) is -3.58. The summed E-state index contributed by atoms with van der Waals surface area (Å²) < 4.78 is 0.645. The second-order valence-electron chi connectivity index (χ2n) is 11.8. The highest BCUT2D eigenvalue weighted by atomic mass is 16.4. The van der Waals surface area contributed by atoms with Gasteiger partial charge in [0.1, 0.15) is 13.1 Å². The summed E-state index contributed by atoms with van der Waals surface area (Å²) >= 11 is 0. The van der Waals surface area contributed by atoms with Gasteiger partial charge in [0.2, 0.25) is 0 Å². The van der Waals surface area contributed by atoms with Crippen molar-refractivity contribution in [2.24, 2.45) is 0 Å². The summed E-state index contributed by atoms with van der Waals surface area (Å²) in [6.45, 7) is 4.19. The molecule has 0 aliphatic carbocycles. The number of aliphatic hydroxyl groups is 2. The number of quaternary nitrogens is 2. The van der Waals surface area contributed by atoms with E-state index < -0.39 is 47.5 Å². The highest BCUT2D eigenvalue weighted by Gasteiger charge is 2.41. The molecule has 0 bridgehead atoms. The maximum Gasteiger partial charge on any atom is 0.177 e. The highest BCUT2D eigenvalue weighted by Crippen LogP contribution is 2.20. The van der Waals surface area contributed by atoms with Gasteiger partial charge in [-0.05, 0) is 12.8 Å². The number of rotatable bonds is 18. The maximum atomic E-state index is 12.0.